The van der Waals surface area contributed by atoms with Gasteiger partial charge in [-0.25, -0.2) is 0 Å². The van der Waals surface area contributed by atoms with Gasteiger partial charge in [0.05, 0.1) is 6.21 Å². The van der Waals surface area contributed by atoms with Crippen LogP contribution in [0.1, 0.15) is 23.6 Å². The summed E-state index contributed by atoms with van der Waals surface area (Å²) in [5.41, 5.74) is 3.58. The Bertz CT molecular complexity index is 305. The molecule has 0 saturated heterocycles. The second-order valence-electron chi connectivity index (χ2n) is 3.01. The molecular formula is C11H15NO. The minimum absolute atomic E-state index is 0.612. The zero-order valence-corrected chi connectivity index (χ0v) is 8.37. The van der Waals surface area contributed by atoms with Gasteiger partial charge in [-0.05, 0) is 31.9 Å². The molecule has 0 bridgehead atoms. The molecule has 0 aliphatic heterocycles. The third-order valence-corrected chi connectivity index (χ3v) is 1.83. The summed E-state index contributed by atoms with van der Waals surface area (Å²) in [7, 11) is 0. The molecule has 0 radical (unpaired) electrons. The van der Waals surface area contributed by atoms with E-state index in [-0.39, 0.29) is 0 Å². The SMILES string of the molecule is CCO/N=C/c1cc(C)ccc1C. The number of hydrogen-bond donors (Lipinski definition) is 0. The van der Waals surface area contributed by atoms with Crippen molar-refractivity contribution >= 4 is 6.21 Å². The zero-order chi connectivity index (χ0) is 9.68. The van der Waals surface area contributed by atoms with Crippen molar-refractivity contribution in [3.63, 3.8) is 0 Å². The summed E-state index contributed by atoms with van der Waals surface area (Å²) in [5, 5.41) is 3.84. The summed E-state index contributed by atoms with van der Waals surface area (Å²) in [5.74, 6) is 0. The van der Waals surface area contributed by atoms with Gasteiger partial charge in [0.25, 0.3) is 0 Å². The maximum absolute atomic E-state index is 4.90. The van der Waals surface area contributed by atoms with E-state index in [9.17, 15) is 0 Å². The molecule has 1 aromatic rings. The van der Waals surface area contributed by atoms with E-state index in [0.29, 0.717) is 6.61 Å². The lowest BCUT2D eigenvalue weighted by atomic mass is 10.1. The highest BCUT2D eigenvalue weighted by Gasteiger charge is 1.94. The van der Waals surface area contributed by atoms with Crippen LogP contribution in [0, 0.1) is 13.8 Å². The summed E-state index contributed by atoms with van der Waals surface area (Å²) in [6.07, 6.45) is 1.76. The average molecular weight is 177 g/mol. The number of benzene rings is 1. The molecule has 1 aromatic carbocycles. The predicted molar refractivity (Wildman–Crippen MR) is 55.1 cm³/mol. The molecule has 0 spiro atoms. The minimum atomic E-state index is 0.612. The van der Waals surface area contributed by atoms with Crippen molar-refractivity contribution in [3.05, 3.63) is 34.9 Å². The van der Waals surface area contributed by atoms with Crippen LogP contribution in [-0.4, -0.2) is 12.8 Å². The van der Waals surface area contributed by atoms with E-state index in [4.69, 9.17) is 4.84 Å². The van der Waals surface area contributed by atoms with E-state index in [1.54, 1.807) is 6.21 Å². The van der Waals surface area contributed by atoms with Crippen molar-refractivity contribution in [1.82, 2.24) is 0 Å². The molecule has 0 unspecified atom stereocenters. The zero-order valence-electron chi connectivity index (χ0n) is 8.37. The predicted octanol–water partition coefficient (Wildman–Crippen LogP) is 2.67. The maximum atomic E-state index is 4.90. The molecule has 0 amide bonds. The monoisotopic (exact) mass is 177 g/mol. The number of hydrogen-bond acceptors (Lipinski definition) is 2. The smallest absolute Gasteiger partial charge is 0.114 e. The van der Waals surface area contributed by atoms with Crippen molar-refractivity contribution < 1.29 is 4.84 Å². The molecule has 0 atom stereocenters. The van der Waals surface area contributed by atoms with Crippen LogP contribution >= 0.6 is 0 Å². The van der Waals surface area contributed by atoms with E-state index < -0.39 is 0 Å². The fourth-order valence-electron chi connectivity index (χ4n) is 1.07. The molecule has 0 N–H and O–H groups in total. The van der Waals surface area contributed by atoms with Gasteiger partial charge in [0.15, 0.2) is 0 Å². The summed E-state index contributed by atoms with van der Waals surface area (Å²) < 4.78 is 0. The third kappa shape index (κ3) is 2.90. The number of rotatable bonds is 3. The van der Waals surface area contributed by atoms with Crippen LogP contribution in [0.4, 0.5) is 0 Å². The van der Waals surface area contributed by atoms with Crippen molar-refractivity contribution in [2.24, 2.45) is 5.16 Å². The molecule has 2 nitrogen and oxygen atoms in total. The molecule has 0 heterocycles. The molecule has 2 heteroatoms. The first-order chi connectivity index (χ1) is 6.24. The number of oxime groups is 1. The van der Waals surface area contributed by atoms with E-state index >= 15 is 0 Å². The normalized spacial score (nSPS) is 10.7. The van der Waals surface area contributed by atoms with Gasteiger partial charge in [-0.1, -0.05) is 28.9 Å². The maximum Gasteiger partial charge on any atom is 0.114 e. The highest BCUT2D eigenvalue weighted by atomic mass is 16.6. The number of aryl methyl sites for hydroxylation is 2. The Kier molecular flexibility index (Phi) is 3.50. The van der Waals surface area contributed by atoms with Crippen LogP contribution < -0.4 is 0 Å². The molecule has 0 aromatic heterocycles. The number of nitrogens with zero attached hydrogens (tertiary/aromatic N) is 1. The van der Waals surface area contributed by atoms with E-state index in [1.165, 1.54) is 11.1 Å². The van der Waals surface area contributed by atoms with Crippen LogP contribution in [0.5, 0.6) is 0 Å². The molecule has 0 saturated carbocycles. The summed E-state index contributed by atoms with van der Waals surface area (Å²) in [4.78, 5) is 4.90. The van der Waals surface area contributed by atoms with Gasteiger partial charge in [-0.15, -0.1) is 0 Å². The Hall–Kier alpha value is -1.31. The van der Waals surface area contributed by atoms with Crippen LogP contribution in [0.2, 0.25) is 0 Å². The van der Waals surface area contributed by atoms with E-state index in [1.807, 2.05) is 6.92 Å². The van der Waals surface area contributed by atoms with Gasteiger partial charge < -0.3 is 4.84 Å². The molecular weight excluding hydrogens is 162 g/mol. The van der Waals surface area contributed by atoms with Gasteiger partial charge >= 0.3 is 0 Å². The van der Waals surface area contributed by atoms with E-state index in [2.05, 4.69) is 37.2 Å². The van der Waals surface area contributed by atoms with E-state index in [0.717, 1.165) is 5.56 Å². The molecule has 1 rings (SSSR count). The first-order valence-electron chi connectivity index (χ1n) is 4.46. The lowest BCUT2D eigenvalue weighted by Crippen LogP contribution is -1.89. The quantitative estimate of drug-likeness (QED) is 0.514. The van der Waals surface area contributed by atoms with Gasteiger partial charge in [-0.3, -0.25) is 0 Å². The Labute approximate surface area is 79.2 Å². The Morgan fingerprint density at radius 2 is 2.15 bits per heavy atom. The van der Waals surface area contributed by atoms with Gasteiger partial charge in [-0.2, -0.15) is 0 Å². The molecule has 70 valence electrons. The van der Waals surface area contributed by atoms with Crippen LogP contribution in [-0.2, 0) is 4.84 Å². The van der Waals surface area contributed by atoms with Crippen molar-refractivity contribution in [1.29, 1.82) is 0 Å². The van der Waals surface area contributed by atoms with Gasteiger partial charge in [0.2, 0.25) is 0 Å². The van der Waals surface area contributed by atoms with Crippen molar-refractivity contribution in [2.75, 3.05) is 6.61 Å². The molecule has 0 aliphatic carbocycles. The van der Waals surface area contributed by atoms with Crippen molar-refractivity contribution in [3.8, 4) is 0 Å². The fraction of sp³-hybridized carbons (Fsp3) is 0.364. The minimum Gasteiger partial charge on any atom is -0.396 e. The van der Waals surface area contributed by atoms with Crippen LogP contribution in [0.3, 0.4) is 0 Å². The average Bonchev–Trinajstić information content (AvgIpc) is 2.11. The van der Waals surface area contributed by atoms with Gasteiger partial charge in [0.1, 0.15) is 6.61 Å². The highest BCUT2D eigenvalue weighted by Crippen LogP contribution is 2.07. The molecule has 0 fully saturated rings. The Balaban J connectivity index is 2.81. The second-order valence-corrected chi connectivity index (χ2v) is 3.01. The van der Waals surface area contributed by atoms with Gasteiger partial charge in [0, 0.05) is 0 Å². The summed E-state index contributed by atoms with van der Waals surface area (Å²) in [6.45, 7) is 6.66. The first-order valence-corrected chi connectivity index (χ1v) is 4.46. The molecule has 13 heavy (non-hydrogen) atoms. The highest BCUT2D eigenvalue weighted by molar-refractivity contribution is 5.81. The van der Waals surface area contributed by atoms with Crippen molar-refractivity contribution in [2.45, 2.75) is 20.8 Å². The largest absolute Gasteiger partial charge is 0.396 e. The summed E-state index contributed by atoms with van der Waals surface area (Å²) in [6, 6.07) is 6.27. The Morgan fingerprint density at radius 3 is 2.85 bits per heavy atom. The second kappa shape index (κ2) is 4.65. The van der Waals surface area contributed by atoms with Crippen LogP contribution in [0.15, 0.2) is 23.4 Å². The topological polar surface area (TPSA) is 21.6 Å². The molecule has 0 aliphatic rings. The summed E-state index contributed by atoms with van der Waals surface area (Å²) >= 11 is 0. The van der Waals surface area contributed by atoms with Crippen LogP contribution in [0.25, 0.3) is 0 Å². The lowest BCUT2D eigenvalue weighted by molar-refractivity contribution is 0.160. The standard InChI is InChI=1S/C11H15NO/c1-4-13-12-8-11-7-9(2)5-6-10(11)3/h5-8H,4H2,1-3H3/b12-8+. The first kappa shape index (κ1) is 9.78. The third-order valence-electron chi connectivity index (χ3n) is 1.83. The fourth-order valence-corrected chi connectivity index (χ4v) is 1.07. The lowest BCUT2D eigenvalue weighted by Gasteiger charge is -2.00. The Morgan fingerprint density at radius 1 is 1.38 bits per heavy atom.